The van der Waals surface area contributed by atoms with Crippen LogP contribution in [0.4, 0.5) is 0 Å². The van der Waals surface area contributed by atoms with Crippen molar-refractivity contribution >= 4 is 0 Å². The predicted molar refractivity (Wildman–Crippen MR) is 82.1 cm³/mol. The first-order valence-corrected chi connectivity index (χ1v) is 8.18. The molecule has 1 aromatic carbocycles. The number of rotatable bonds is 2. The van der Waals surface area contributed by atoms with Gasteiger partial charge in [-0.15, -0.1) is 0 Å². The Morgan fingerprint density at radius 1 is 0.800 bits per heavy atom. The molecule has 1 aromatic rings. The van der Waals surface area contributed by atoms with E-state index in [0.29, 0.717) is 0 Å². The van der Waals surface area contributed by atoms with Crippen molar-refractivity contribution in [3.63, 3.8) is 0 Å². The van der Waals surface area contributed by atoms with Crippen molar-refractivity contribution in [2.24, 2.45) is 11.8 Å². The maximum absolute atomic E-state index is 8.87. The van der Waals surface area contributed by atoms with Crippen LogP contribution in [0.1, 0.15) is 68.4 Å². The summed E-state index contributed by atoms with van der Waals surface area (Å²) in [5, 5.41) is 8.87. The van der Waals surface area contributed by atoms with Gasteiger partial charge >= 0.3 is 0 Å². The van der Waals surface area contributed by atoms with Crippen LogP contribution in [0.25, 0.3) is 0 Å². The van der Waals surface area contributed by atoms with Gasteiger partial charge in [0.15, 0.2) is 0 Å². The van der Waals surface area contributed by atoms with Crippen LogP contribution in [0.2, 0.25) is 0 Å². The van der Waals surface area contributed by atoms with Gasteiger partial charge in [-0.3, -0.25) is 0 Å². The molecule has 0 spiro atoms. The number of nitrogens with zero attached hydrogens (tertiary/aromatic N) is 1. The van der Waals surface area contributed by atoms with Crippen LogP contribution in [-0.2, 0) is 0 Å². The molecule has 1 radical (unpaired) electrons. The molecule has 2 aliphatic rings. The average molecular weight is 266 g/mol. The molecule has 1 nitrogen and oxygen atoms in total. The Morgan fingerprint density at radius 2 is 1.40 bits per heavy atom. The molecule has 0 unspecified atom stereocenters. The van der Waals surface area contributed by atoms with E-state index >= 15 is 0 Å². The molecule has 1 heteroatoms. The van der Waals surface area contributed by atoms with E-state index in [1.54, 1.807) is 0 Å². The summed E-state index contributed by atoms with van der Waals surface area (Å²) in [5.74, 6) is 2.72. The van der Waals surface area contributed by atoms with E-state index in [0.717, 1.165) is 23.3 Å². The lowest BCUT2D eigenvalue weighted by Gasteiger charge is -2.36. The number of hydrogen-bond donors (Lipinski definition) is 0. The highest BCUT2D eigenvalue weighted by atomic mass is 14.3. The molecule has 0 heterocycles. The minimum absolute atomic E-state index is 0.731. The van der Waals surface area contributed by atoms with Crippen LogP contribution < -0.4 is 0 Å². The highest BCUT2D eigenvalue weighted by Gasteiger charge is 2.28. The first kappa shape index (κ1) is 13.7. The third-order valence-electron chi connectivity index (χ3n) is 5.43. The first-order valence-electron chi connectivity index (χ1n) is 8.18. The van der Waals surface area contributed by atoms with Gasteiger partial charge in [-0.05, 0) is 93.2 Å². The highest BCUT2D eigenvalue weighted by molar-refractivity contribution is 5.33. The van der Waals surface area contributed by atoms with Gasteiger partial charge in [0, 0.05) is 0 Å². The Hall–Kier alpha value is -1.29. The van der Waals surface area contributed by atoms with Crippen molar-refractivity contribution in [2.45, 2.75) is 57.3 Å². The van der Waals surface area contributed by atoms with E-state index < -0.39 is 0 Å². The molecule has 2 saturated carbocycles. The average Bonchev–Trinajstić information content (AvgIpc) is 2.56. The van der Waals surface area contributed by atoms with Crippen molar-refractivity contribution in [3.8, 4) is 6.07 Å². The fourth-order valence-corrected chi connectivity index (χ4v) is 4.18. The lowest BCUT2D eigenvalue weighted by molar-refractivity contribution is 0.199. The molecular formula is C19H24N. The Labute approximate surface area is 123 Å². The predicted octanol–water partition coefficient (Wildman–Crippen LogP) is 5.23. The van der Waals surface area contributed by atoms with Crippen LogP contribution in [0.15, 0.2) is 24.3 Å². The first-order chi connectivity index (χ1) is 9.86. The molecule has 0 atom stereocenters. The number of benzene rings is 1. The molecule has 2 fully saturated rings. The summed E-state index contributed by atoms with van der Waals surface area (Å²) in [4.78, 5) is 0. The molecule has 0 bridgehead atoms. The fourth-order valence-electron chi connectivity index (χ4n) is 4.18. The Bertz CT molecular complexity index is 454. The summed E-state index contributed by atoms with van der Waals surface area (Å²) in [6, 6.07) is 10.5. The summed E-state index contributed by atoms with van der Waals surface area (Å²) in [7, 11) is 0. The standard InChI is InChI=1S/C19H24N/c20-14-15-6-8-17(9-7-15)19-12-10-18(11-13-19)16-4-2-1-3-5-16/h1,6-9,16,18-19H,2-5,10-13H2. The number of hydrogen-bond acceptors (Lipinski definition) is 1. The van der Waals surface area contributed by atoms with Gasteiger partial charge in [-0.1, -0.05) is 12.1 Å². The zero-order valence-corrected chi connectivity index (χ0v) is 12.2. The second-order valence-corrected chi connectivity index (χ2v) is 6.55. The van der Waals surface area contributed by atoms with E-state index in [-0.39, 0.29) is 0 Å². The molecule has 0 amide bonds. The summed E-state index contributed by atoms with van der Waals surface area (Å²) in [6.45, 7) is 0. The molecule has 0 N–H and O–H groups in total. The van der Waals surface area contributed by atoms with Crippen LogP contribution in [0.3, 0.4) is 0 Å². The van der Waals surface area contributed by atoms with Gasteiger partial charge in [-0.25, -0.2) is 0 Å². The topological polar surface area (TPSA) is 23.8 Å². The van der Waals surface area contributed by atoms with E-state index in [1.807, 2.05) is 12.1 Å². The molecular weight excluding hydrogens is 242 g/mol. The third kappa shape index (κ3) is 3.06. The van der Waals surface area contributed by atoms with Gasteiger partial charge in [0.1, 0.15) is 0 Å². The Kier molecular flexibility index (Phi) is 4.41. The van der Waals surface area contributed by atoms with E-state index in [2.05, 4.69) is 24.6 Å². The van der Waals surface area contributed by atoms with Crippen molar-refractivity contribution in [1.29, 1.82) is 5.26 Å². The summed E-state index contributed by atoms with van der Waals surface area (Å²) in [6.07, 6.45) is 13.6. The zero-order chi connectivity index (χ0) is 13.8. The fraction of sp³-hybridized carbons (Fsp3) is 0.579. The zero-order valence-electron chi connectivity index (χ0n) is 12.2. The molecule has 2 aliphatic carbocycles. The van der Waals surface area contributed by atoms with Gasteiger partial charge in [0.05, 0.1) is 11.6 Å². The minimum Gasteiger partial charge on any atom is -0.192 e. The number of nitriles is 1. The Balaban J connectivity index is 1.56. The third-order valence-corrected chi connectivity index (χ3v) is 5.43. The van der Waals surface area contributed by atoms with Gasteiger partial charge < -0.3 is 0 Å². The quantitative estimate of drug-likeness (QED) is 0.719. The maximum Gasteiger partial charge on any atom is 0.0991 e. The molecule has 0 aliphatic heterocycles. The van der Waals surface area contributed by atoms with E-state index in [4.69, 9.17) is 5.26 Å². The van der Waals surface area contributed by atoms with Crippen LogP contribution in [-0.4, -0.2) is 0 Å². The van der Waals surface area contributed by atoms with Crippen LogP contribution in [0, 0.1) is 29.6 Å². The maximum atomic E-state index is 8.87. The summed E-state index contributed by atoms with van der Waals surface area (Å²) < 4.78 is 0. The van der Waals surface area contributed by atoms with Crippen molar-refractivity contribution in [2.75, 3.05) is 0 Å². The van der Waals surface area contributed by atoms with Crippen molar-refractivity contribution in [1.82, 2.24) is 0 Å². The second kappa shape index (κ2) is 6.44. The van der Waals surface area contributed by atoms with Gasteiger partial charge in [0.2, 0.25) is 0 Å². The van der Waals surface area contributed by atoms with Crippen LogP contribution in [0.5, 0.6) is 0 Å². The summed E-state index contributed by atoms with van der Waals surface area (Å²) in [5.41, 5.74) is 2.22. The second-order valence-electron chi connectivity index (χ2n) is 6.55. The summed E-state index contributed by atoms with van der Waals surface area (Å²) >= 11 is 0. The monoisotopic (exact) mass is 266 g/mol. The minimum atomic E-state index is 0.731. The molecule has 20 heavy (non-hydrogen) atoms. The molecule has 0 saturated heterocycles. The molecule has 0 aromatic heterocycles. The van der Waals surface area contributed by atoms with Crippen molar-refractivity contribution < 1.29 is 0 Å². The lowest BCUT2D eigenvalue weighted by Crippen LogP contribution is -2.23. The smallest absolute Gasteiger partial charge is 0.0991 e. The Morgan fingerprint density at radius 3 is 2.00 bits per heavy atom. The van der Waals surface area contributed by atoms with Gasteiger partial charge in [0.25, 0.3) is 0 Å². The normalized spacial score (nSPS) is 27.9. The lowest BCUT2D eigenvalue weighted by atomic mass is 9.70. The van der Waals surface area contributed by atoms with E-state index in [1.165, 1.54) is 56.9 Å². The largest absolute Gasteiger partial charge is 0.192 e. The van der Waals surface area contributed by atoms with Crippen molar-refractivity contribution in [3.05, 3.63) is 41.8 Å². The molecule has 105 valence electrons. The molecule has 3 rings (SSSR count). The SMILES string of the molecule is N#Cc1ccc(C2CCC(C3CC[CH]CC3)CC2)cc1. The van der Waals surface area contributed by atoms with E-state index in [9.17, 15) is 0 Å². The van der Waals surface area contributed by atoms with Gasteiger partial charge in [-0.2, -0.15) is 5.26 Å². The van der Waals surface area contributed by atoms with Crippen LogP contribution >= 0.6 is 0 Å². The highest BCUT2D eigenvalue weighted by Crippen LogP contribution is 2.42.